The smallest absolute Gasteiger partial charge is 0.306 e. The number of piperidine rings is 1. The number of hydrogen-bond acceptors (Lipinski definition) is 7. The summed E-state index contributed by atoms with van der Waals surface area (Å²) in [5, 5.41) is 16.3. The Morgan fingerprint density at radius 1 is 0.976 bits per heavy atom. The fourth-order valence-corrected chi connectivity index (χ4v) is 6.51. The van der Waals surface area contributed by atoms with Crippen molar-refractivity contribution < 1.29 is 24.5 Å². The van der Waals surface area contributed by atoms with Crippen LogP contribution in [0.15, 0.2) is 48.5 Å². The number of aryl methyl sites for hydroxylation is 2. The number of pyridine rings is 1. The average Bonchev–Trinajstić information content (AvgIpc) is 3.47. The molecule has 2 aromatic carbocycles. The van der Waals surface area contributed by atoms with Gasteiger partial charge in [0, 0.05) is 58.1 Å². The van der Waals surface area contributed by atoms with Crippen LogP contribution >= 0.6 is 0 Å². The summed E-state index contributed by atoms with van der Waals surface area (Å²) in [5.74, 6) is 0.790. The van der Waals surface area contributed by atoms with Gasteiger partial charge < -0.3 is 24.6 Å². The molecule has 8 heteroatoms. The Hall–Kier alpha value is -3.46. The Morgan fingerprint density at radius 3 is 2.45 bits per heavy atom. The first-order chi connectivity index (χ1) is 20.5. The van der Waals surface area contributed by atoms with Gasteiger partial charge in [0.15, 0.2) is 0 Å². The molecule has 3 aliphatic rings. The van der Waals surface area contributed by atoms with E-state index in [1.165, 1.54) is 22.3 Å². The summed E-state index contributed by atoms with van der Waals surface area (Å²) < 4.78 is 12.1. The molecule has 8 nitrogen and oxygen atoms in total. The Morgan fingerprint density at radius 2 is 1.71 bits per heavy atom. The Bertz CT molecular complexity index is 1380. The van der Waals surface area contributed by atoms with Crippen molar-refractivity contribution in [2.24, 2.45) is 5.92 Å². The van der Waals surface area contributed by atoms with E-state index in [0.29, 0.717) is 38.6 Å². The van der Waals surface area contributed by atoms with Gasteiger partial charge in [-0.1, -0.05) is 30.3 Å². The molecule has 0 amide bonds. The second-order valence-corrected chi connectivity index (χ2v) is 11.5. The summed E-state index contributed by atoms with van der Waals surface area (Å²) in [4.78, 5) is 21.2. The Labute approximate surface area is 248 Å². The van der Waals surface area contributed by atoms with Gasteiger partial charge in [-0.25, -0.2) is 4.98 Å². The van der Waals surface area contributed by atoms with E-state index in [0.717, 1.165) is 74.6 Å². The van der Waals surface area contributed by atoms with E-state index in [4.69, 9.17) is 19.6 Å². The van der Waals surface area contributed by atoms with Gasteiger partial charge in [-0.3, -0.25) is 9.69 Å². The Balaban J connectivity index is 0.00000173. The zero-order chi connectivity index (χ0) is 29.6. The molecule has 0 spiro atoms. The second kappa shape index (κ2) is 13.7. The number of carbonyl (C=O) groups is 1. The number of aromatic nitrogens is 1. The van der Waals surface area contributed by atoms with Crippen LogP contribution in [0.4, 0.5) is 5.82 Å². The number of para-hydroxylation sites is 1. The fraction of sp³-hybridized carbons (Fsp3) is 0.471. The minimum atomic E-state index is -0.696. The van der Waals surface area contributed by atoms with Crippen molar-refractivity contribution in [3.05, 3.63) is 76.3 Å². The molecule has 2 N–H and O–H groups in total. The molecule has 0 atom stereocenters. The monoisotopic (exact) mass is 573 g/mol. The number of benzene rings is 2. The molecular formula is C34H43N3O5. The summed E-state index contributed by atoms with van der Waals surface area (Å²) >= 11 is 0. The first kappa shape index (κ1) is 30.0. The van der Waals surface area contributed by atoms with E-state index in [-0.39, 0.29) is 5.92 Å². The normalized spacial score (nSPS) is 17.9. The summed E-state index contributed by atoms with van der Waals surface area (Å²) in [6, 6.07) is 17.5. The molecule has 0 radical (unpaired) electrons. The van der Waals surface area contributed by atoms with Gasteiger partial charge in [0.25, 0.3) is 0 Å². The second-order valence-electron chi connectivity index (χ2n) is 11.5. The first-order valence-electron chi connectivity index (χ1n) is 15.0. The van der Waals surface area contributed by atoms with Gasteiger partial charge in [0.05, 0.1) is 11.6 Å². The highest BCUT2D eigenvalue weighted by Crippen LogP contribution is 2.35. The number of aliphatic hydroxyl groups excluding tert-OH is 1. The summed E-state index contributed by atoms with van der Waals surface area (Å²) in [6.45, 7) is 10.00. The third-order valence-corrected chi connectivity index (χ3v) is 8.84. The van der Waals surface area contributed by atoms with Crippen molar-refractivity contribution in [3.8, 4) is 17.0 Å². The molecule has 3 aromatic rings. The van der Waals surface area contributed by atoms with Crippen molar-refractivity contribution in [3.63, 3.8) is 0 Å². The lowest BCUT2D eigenvalue weighted by atomic mass is 9.97. The number of rotatable bonds is 7. The predicted octanol–water partition coefficient (Wildman–Crippen LogP) is 5.35. The lowest BCUT2D eigenvalue weighted by Crippen LogP contribution is -2.36. The average molecular weight is 574 g/mol. The molecule has 2 fully saturated rings. The number of fused-ring (bicyclic) bond motifs is 1. The highest BCUT2D eigenvalue weighted by molar-refractivity contribution is 5.71. The topological polar surface area (TPSA) is 95.4 Å². The number of anilines is 1. The molecule has 42 heavy (non-hydrogen) atoms. The summed E-state index contributed by atoms with van der Waals surface area (Å²) in [5.41, 5.74) is 8.37. The number of carboxylic acid groups (broad SMARTS) is 1. The van der Waals surface area contributed by atoms with Crippen molar-refractivity contribution >= 4 is 11.8 Å². The molecule has 3 aliphatic heterocycles. The number of nitrogens with zero attached hydrogens (tertiary/aromatic N) is 3. The molecule has 0 unspecified atom stereocenters. The molecule has 1 aromatic heterocycles. The van der Waals surface area contributed by atoms with Crippen LogP contribution in [0.3, 0.4) is 0 Å². The quantitative estimate of drug-likeness (QED) is 0.391. The maximum absolute atomic E-state index is 11.4. The van der Waals surface area contributed by atoms with Crippen LogP contribution in [0.5, 0.6) is 5.75 Å². The predicted molar refractivity (Wildman–Crippen MR) is 164 cm³/mol. The highest BCUT2D eigenvalue weighted by atomic mass is 16.5. The van der Waals surface area contributed by atoms with Crippen molar-refractivity contribution in [2.45, 2.75) is 65.3 Å². The summed E-state index contributed by atoms with van der Waals surface area (Å²) in [7, 11) is 1.00. The standard InChI is InChI=1S/C33H39N3O4.CH4O/c1-22-5-3-6-28(30-7-4-8-31(34-30)35-13-9-25(10-14-35)33(37)38)32(22)40-21-24-17-23(2)29-20-36(19-26(29)18-24)27-11-15-39-16-12-27;1-2/h3-8,17-18,25,27H,9-16,19-21H2,1-2H3,(H,37,38);2H,1H3. The molecule has 2 saturated heterocycles. The fourth-order valence-electron chi connectivity index (χ4n) is 6.51. The van der Waals surface area contributed by atoms with Gasteiger partial charge in [0.2, 0.25) is 0 Å². The Kier molecular flexibility index (Phi) is 9.77. The van der Waals surface area contributed by atoms with E-state index in [2.05, 4.69) is 54.0 Å². The first-order valence-corrected chi connectivity index (χ1v) is 15.0. The van der Waals surface area contributed by atoms with Crippen LogP contribution in [-0.2, 0) is 29.2 Å². The van der Waals surface area contributed by atoms with Crippen LogP contribution < -0.4 is 9.64 Å². The number of ether oxygens (including phenoxy) is 2. The zero-order valence-electron chi connectivity index (χ0n) is 25.0. The van der Waals surface area contributed by atoms with Crippen molar-refractivity contribution in [1.29, 1.82) is 0 Å². The van der Waals surface area contributed by atoms with Crippen molar-refractivity contribution in [2.75, 3.05) is 38.3 Å². The van der Waals surface area contributed by atoms with Gasteiger partial charge in [-0.05, 0) is 85.5 Å². The third-order valence-electron chi connectivity index (χ3n) is 8.84. The SMILES string of the molecule is CO.Cc1cc(COc2c(C)cccc2-c2cccc(N3CCC(C(=O)O)CC3)n2)cc2c1CN(C1CCOCC1)C2. The van der Waals surface area contributed by atoms with E-state index >= 15 is 0 Å². The number of aliphatic hydroxyl groups is 1. The number of aliphatic carboxylic acids is 1. The minimum absolute atomic E-state index is 0.260. The minimum Gasteiger partial charge on any atom is -0.488 e. The molecule has 0 bridgehead atoms. The van der Waals surface area contributed by atoms with Gasteiger partial charge in [-0.15, -0.1) is 0 Å². The van der Waals surface area contributed by atoms with Crippen LogP contribution in [0, 0.1) is 19.8 Å². The molecular weight excluding hydrogens is 530 g/mol. The van der Waals surface area contributed by atoms with Gasteiger partial charge >= 0.3 is 5.97 Å². The molecule has 6 rings (SSSR count). The highest BCUT2D eigenvalue weighted by Gasteiger charge is 2.29. The molecule has 0 saturated carbocycles. The van der Waals surface area contributed by atoms with Crippen LogP contribution in [0.25, 0.3) is 11.3 Å². The third kappa shape index (κ3) is 6.61. The van der Waals surface area contributed by atoms with Gasteiger partial charge in [-0.2, -0.15) is 0 Å². The zero-order valence-corrected chi connectivity index (χ0v) is 25.0. The van der Waals surface area contributed by atoms with Crippen LogP contribution in [-0.4, -0.2) is 65.5 Å². The lowest BCUT2D eigenvalue weighted by molar-refractivity contribution is -0.142. The lowest BCUT2D eigenvalue weighted by Gasteiger charge is -2.31. The van der Waals surface area contributed by atoms with E-state index in [9.17, 15) is 9.90 Å². The maximum Gasteiger partial charge on any atom is 0.306 e. The van der Waals surface area contributed by atoms with Crippen LogP contribution in [0.1, 0.15) is 53.5 Å². The van der Waals surface area contributed by atoms with E-state index in [1.54, 1.807) is 0 Å². The number of hydrogen-bond donors (Lipinski definition) is 2. The van der Waals surface area contributed by atoms with E-state index in [1.807, 2.05) is 18.2 Å². The van der Waals surface area contributed by atoms with Crippen molar-refractivity contribution in [1.82, 2.24) is 9.88 Å². The molecule has 224 valence electrons. The van der Waals surface area contributed by atoms with Gasteiger partial charge in [0.1, 0.15) is 18.2 Å². The number of carboxylic acids is 1. The van der Waals surface area contributed by atoms with E-state index < -0.39 is 5.97 Å². The molecule has 0 aliphatic carbocycles. The largest absolute Gasteiger partial charge is 0.488 e. The summed E-state index contributed by atoms with van der Waals surface area (Å²) in [6.07, 6.45) is 3.53. The molecule has 4 heterocycles. The van der Waals surface area contributed by atoms with Crippen LogP contribution in [0.2, 0.25) is 0 Å². The maximum atomic E-state index is 11.4.